The Morgan fingerprint density at radius 1 is 1.30 bits per heavy atom. The smallest absolute Gasteiger partial charge is 0.287 e. The molecular weight excluding hydrogens is 354 g/mol. The molecule has 2 N–H and O–H groups in total. The molecule has 4 fully saturated rings. The number of carbonyl (C=O) groups is 1. The fourth-order valence-corrected chi connectivity index (χ4v) is 6.14. The van der Waals surface area contributed by atoms with E-state index in [0.29, 0.717) is 11.1 Å². The molecule has 4 bridgehead atoms. The van der Waals surface area contributed by atoms with Gasteiger partial charge in [-0.05, 0) is 97.0 Å². The molecule has 23 heavy (non-hydrogen) atoms. The first-order chi connectivity index (χ1) is 11.0. The second kappa shape index (κ2) is 5.76. The Labute approximate surface area is 145 Å². The number of hydrazone groups is 1. The van der Waals surface area contributed by atoms with E-state index in [2.05, 4.69) is 38.4 Å². The van der Waals surface area contributed by atoms with Crippen LogP contribution in [0.3, 0.4) is 0 Å². The van der Waals surface area contributed by atoms with Gasteiger partial charge in [0.05, 0.1) is 0 Å². The van der Waals surface area contributed by atoms with Crippen LogP contribution in [0.5, 0.6) is 0 Å². The van der Waals surface area contributed by atoms with E-state index in [1.165, 1.54) is 38.5 Å². The number of halogens is 1. The molecule has 0 saturated heterocycles. The van der Waals surface area contributed by atoms with Crippen molar-refractivity contribution in [3.63, 3.8) is 0 Å². The zero-order valence-corrected chi connectivity index (χ0v) is 15.2. The average Bonchev–Trinajstić information content (AvgIpc) is 2.89. The van der Waals surface area contributed by atoms with Crippen LogP contribution in [-0.2, 0) is 0 Å². The molecule has 5 rings (SSSR count). The number of H-pyrrole nitrogens is 1. The number of hydrogen-bond donors (Lipinski definition) is 2. The zero-order valence-electron chi connectivity index (χ0n) is 13.6. The van der Waals surface area contributed by atoms with Crippen LogP contribution in [0.15, 0.2) is 21.8 Å². The number of carbonyl (C=O) groups excluding carboxylic acids is 1. The van der Waals surface area contributed by atoms with Crippen molar-refractivity contribution in [1.82, 2.24) is 10.4 Å². The third kappa shape index (κ3) is 3.12. The third-order valence-electron chi connectivity index (χ3n) is 6.04. The number of rotatable bonds is 4. The number of nitrogens with zero attached hydrogens (tertiary/aromatic N) is 1. The fraction of sp³-hybridized carbons (Fsp3) is 0.667. The van der Waals surface area contributed by atoms with E-state index in [4.69, 9.17) is 0 Å². The van der Waals surface area contributed by atoms with E-state index >= 15 is 0 Å². The minimum atomic E-state index is -0.180. The van der Waals surface area contributed by atoms with Crippen molar-refractivity contribution in [3.05, 3.63) is 22.4 Å². The summed E-state index contributed by atoms with van der Waals surface area (Å²) in [6.45, 7) is 2.06. The van der Waals surface area contributed by atoms with Gasteiger partial charge >= 0.3 is 0 Å². The molecule has 124 valence electrons. The van der Waals surface area contributed by atoms with Crippen LogP contribution in [0.4, 0.5) is 0 Å². The molecule has 4 saturated carbocycles. The average molecular weight is 378 g/mol. The van der Waals surface area contributed by atoms with Crippen molar-refractivity contribution >= 4 is 27.5 Å². The highest BCUT2D eigenvalue weighted by Crippen LogP contribution is 2.61. The summed E-state index contributed by atoms with van der Waals surface area (Å²) in [5, 5.41) is 4.37. The van der Waals surface area contributed by atoms with Gasteiger partial charge in [0.2, 0.25) is 0 Å². The van der Waals surface area contributed by atoms with Crippen LogP contribution < -0.4 is 5.43 Å². The maximum Gasteiger partial charge on any atom is 0.287 e. The van der Waals surface area contributed by atoms with Gasteiger partial charge < -0.3 is 4.98 Å². The normalized spacial score (nSPS) is 35.6. The molecular formula is C18H24BrN3O. The summed E-state index contributed by atoms with van der Waals surface area (Å²) in [6.07, 6.45) is 11.3. The molecule has 0 unspecified atom stereocenters. The Hall–Kier alpha value is -1.10. The van der Waals surface area contributed by atoms with E-state index in [0.717, 1.165) is 34.4 Å². The molecule has 0 radical (unpaired) electrons. The first-order valence-corrected chi connectivity index (χ1v) is 9.48. The van der Waals surface area contributed by atoms with Crippen LogP contribution in [0.2, 0.25) is 0 Å². The molecule has 1 heterocycles. The topological polar surface area (TPSA) is 57.2 Å². The molecule has 4 nitrogen and oxygen atoms in total. The van der Waals surface area contributed by atoms with Crippen molar-refractivity contribution in [1.29, 1.82) is 0 Å². The Bertz CT molecular complexity index is 613. The molecule has 1 aromatic rings. The molecule has 1 aromatic heterocycles. The maximum absolute atomic E-state index is 12.1. The van der Waals surface area contributed by atoms with Crippen LogP contribution in [0.25, 0.3) is 0 Å². The van der Waals surface area contributed by atoms with E-state index < -0.39 is 0 Å². The molecule has 4 aliphatic rings. The van der Waals surface area contributed by atoms with Crippen LogP contribution in [-0.4, -0.2) is 16.6 Å². The Balaban J connectivity index is 1.39. The zero-order chi connectivity index (χ0) is 16.0. The molecule has 5 heteroatoms. The summed E-state index contributed by atoms with van der Waals surface area (Å²) in [7, 11) is 0. The van der Waals surface area contributed by atoms with Gasteiger partial charge in [0.25, 0.3) is 5.91 Å². The van der Waals surface area contributed by atoms with Crippen molar-refractivity contribution in [3.8, 4) is 0 Å². The standard InChI is InChI=1S/C18H24BrN3O/c1-11(21-22-17(23)16-5-15(19)10-20-16)6-18-7-12-2-13(8-18)4-14(3-12)9-18/h5,10,12-14,20H,2-4,6-9H2,1H3,(H,22,23)/b21-11+. The lowest BCUT2D eigenvalue weighted by molar-refractivity contribution is -0.0482. The second-order valence-corrected chi connectivity index (χ2v) is 9.03. The first kappa shape index (κ1) is 15.4. The van der Waals surface area contributed by atoms with E-state index in [1.54, 1.807) is 12.3 Å². The second-order valence-electron chi connectivity index (χ2n) is 8.11. The monoisotopic (exact) mass is 377 g/mol. The third-order valence-corrected chi connectivity index (χ3v) is 6.49. The summed E-state index contributed by atoms with van der Waals surface area (Å²) in [4.78, 5) is 15.0. The lowest BCUT2D eigenvalue weighted by Gasteiger charge is -2.57. The SMILES string of the molecule is C/C(CC12CC3CC(CC(C3)C1)C2)=N\NC(=O)c1cc(Br)c[nH]1. The molecule has 1 amide bonds. The fourth-order valence-electron chi connectivity index (χ4n) is 5.79. The lowest BCUT2D eigenvalue weighted by atomic mass is 9.48. The highest BCUT2D eigenvalue weighted by molar-refractivity contribution is 9.10. The number of aromatic amines is 1. The first-order valence-electron chi connectivity index (χ1n) is 8.69. The predicted molar refractivity (Wildman–Crippen MR) is 94.3 cm³/mol. The Morgan fingerprint density at radius 2 is 1.91 bits per heavy atom. The lowest BCUT2D eigenvalue weighted by Crippen LogP contribution is -2.46. The van der Waals surface area contributed by atoms with Crippen molar-refractivity contribution < 1.29 is 4.79 Å². The van der Waals surface area contributed by atoms with Crippen molar-refractivity contribution in [2.45, 2.75) is 51.9 Å². The minimum Gasteiger partial charge on any atom is -0.356 e. The van der Waals surface area contributed by atoms with Gasteiger partial charge in [0, 0.05) is 16.4 Å². The maximum atomic E-state index is 12.1. The van der Waals surface area contributed by atoms with Crippen LogP contribution in [0.1, 0.15) is 62.4 Å². The number of nitrogens with one attached hydrogen (secondary N) is 2. The molecule has 0 atom stereocenters. The van der Waals surface area contributed by atoms with Gasteiger partial charge in [-0.1, -0.05) is 0 Å². The highest BCUT2D eigenvalue weighted by atomic mass is 79.9. The highest BCUT2D eigenvalue weighted by Gasteiger charge is 2.50. The van der Waals surface area contributed by atoms with Crippen molar-refractivity contribution in [2.24, 2.45) is 28.3 Å². The van der Waals surface area contributed by atoms with Gasteiger partial charge in [-0.3, -0.25) is 4.79 Å². The van der Waals surface area contributed by atoms with E-state index in [1.807, 2.05) is 0 Å². The quantitative estimate of drug-likeness (QED) is 0.589. The van der Waals surface area contributed by atoms with Gasteiger partial charge in [-0.15, -0.1) is 0 Å². The van der Waals surface area contributed by atoms with Crippen molar-refractivity contribution in [2.75, 3.05) is 0 Å². The number of aromatic nitrogens is 1. The minimum absolute atomic E-state index is 0.180. The van der Waals surface area contributed by atoms with Gasteiger partial charge in [0.15, 0.2) is 0 Å². The Kier molecular flexibility index (Phi) is 3.87. The van der Waals surface area contributed by atoms with Crippen LogP contribution in [0, 0.1) is 23.2 Å². The van der Waals surface area contributed by atoms with Gasteiger partial charge in [0.1, 0.15) is 5.69 Å². The van der Waals surface area contributed by atoms with E-state index in [-0.39, 0.29) is 5.91 Å². The molecule has 0 aromatic carbocycles. The molecule has 4 aliphatic carbocycles. The summed E-state index contributed by atoms with van der Waals surface area (Å²) in [6, 6.07) is 1.76. The summed E-state index contributed by atoms with van der Waals surface area (Å²) in [5.41, 5.74) is 4.76. The number of amides is 1. The van der Waals surface area contributed by atoms with Gasteiger partial charge in [-0.2, -0.15) is 5.10 Å². The van der Waals surface area contributed by atoms with Crippen LogP contribution >= 0.6 is 15.9 Å². The van der Waals surface area contributed by atoms with Gasteiger partial charge in [-0.25, -0.2) is 5.43 Å². The summed E-state index contributed by atoms with van der Waals surface area (Å²) < 4.78 is 0.872. The summed E-state index contributed by atoms with van der Waals surface area (Å²) in [5.74, 6) is 2.69. The van der Waals surface area contributed by atoms with E-state index in [9.17, 15) is 4.79 Å². The number of hydrogen-bond acceptors (Lipinski definition) is 2. The Morgan fingerprint density at radius 3 is 2.43 bits per heavy atom. The largest absolute Gasteiger partial charge is 0.356 e. The summed E-state index contributed by atoms with van der Waals surface area (Å²) >= 11 is 3.34. The predicted octanol–water partition coefficient (Wildman–Crippen LogP) is 4.49. The molecule has 0 spiro atoms. The molecule has 0 aliphatic heterocycles.